The Morgan fingerprint density at radius 3 is 2.67 bits per heavy atom. The molecule has 1 aromatic heterocycles. The Morgan fingerprint density at radius 1 is 1.17 bits per heavy atom. The zero-order chi connectivity index (χ0) is 17.2. The van der Waals surface area contributed by atoms with Gasteiger partial charge in [-0.25, -0.2) is 13.4 Å². The number of benzene rings is 2. The van der Waals surface area contributed by atoms with Crippen LogP contribution >= 0.6 is 11.3 Å². The number of aryl methyl sites for hydroxylation is 1. The molecule has 7 heteroatoms. The highest BCUT2D eigenvalue weighted by atomic mass is 32.2. The third kappa shape index (κ3) is 4.18. The number of hydrogen-bond acceptors (Lipinski definition) is 5. The summed E-state index contributed by atoms with van der Waals surface area (Å²) in [5.41, 5.74) is 2.12. The van der Waals surface area contributed by atoms with E-state index in [1.165, 1.54) is 11.3 Å². The molecule has 0 saturated heterocycles. The Balaban J connectivity index is 1.67. The van der Waals surface area contributed by atoms with Gasteiger partial charge in [-0.3, -0.25) is 4.79 Å². The van der Waals surface area contributed by atoms with E-state index in [1.54, 1.807) is 30.3 Å². The molecule has 2 aromatic carbocycles. The molecule has 0 aliphatic carbocycles. The van der Waals surface area contributed by atoms with Gasteiger partial charge in [-0.15, -0.1) is 11.3 Å². The van der Waals surface area contributed by atoms with Crippen LogP contribution in [0.15, 0.2) is 48.5 Å². The average molecular weight is 360 g/mol. The van der Waals surface area contributed by atoms with Crippen LogP contribution < -0.4 is 5.32 Å². The van der Waals surface area contributed by atoms with Crippen LogP contribution in [0.5, 0.6) is 0 Å². The number of aromatic nitrogens is 1. The second-order valence-electron chi connectivity index (χ2n) is 5.48. The summed E-state index contributed by atoms with van der Waals surface area (Å²) in [7, 11) is -3.51. The molecule has 5 nitrogen and oxygen atoms in total. The SMILES string of the molecule is Cc1nc2ccc(NC(=O)CS(=O)(=O)Cc3ccccc3)cc2s1. The predicted octanol–water partition coefficient (Wildman–Crippen LogP) is 3.16. The second-order valence-corrected chi connectivity index (χ2v) is 8.78. The summed E-state index contributed by atoms with van der Waals surface area (Å²) in [6.07, 6.45) is 0. The molecule has 1 heterocycles. The second kappa shape index (κ2) is 6.70. The number of carbonyl (C=O) groups excluding carboxylic acids is 1. The largest absolute Gasteiger partial charge is 0.325 e. The van der Waals surface area contributed by atoms with E-state index in [0.717, 1.165) is 15.2 Å². The normalized spacial score (nSPS) is 11.5. The third-order valence-electron chi connectivity index (χ3n) is 3.36. The summed E-state index contributed by atoms with van der Waals surface area (Å²) in [6.45, 7) is 1.92. The molecule has 0 unspecified atom stereocenters. The van der Waals surface area contributed by atoms with Gasteiger partial charge in [0, 0.05) is 5.69 Å². The van der Waals surface area contributed by atoms with E-state index in [0.29, 0.717) is 11.3 Å². The quantitative estimate of drug-likeness (QED) is 0.758. The fraction of sp³-hybridized carbons (Fsp3) is 0.176. The lowest BCUT2D eigenvalue weighted by molar-refractivity contribution is -0.113. The molecule has 0 aliphatic rings. The molecule has 0 atom stereocenters. The van der Waals surface area contributed by atoms with Crippen molar-refractivity contribution in [3.63, 3.8) is 0 Å². The first-order valence-electron chi connectivity index (χ1n) is 7.33. The number of anilines is 1. The maximum atomic E-state index is 12.1. The number of amides is 1. The number of carbonyl (C=O) groups is 1. The number of nitrogens with zero attached hydrogens (tertiary/aromatic N) is 1. The van der Waals surface area contributed by atoms with E-state index in [1.807, 2.05) is 25.1 Å². The summed E-state index contributed by atoms with van der Waals surface area (Å²) in [5, 5.41) is 3.59. The number of nitrogens with one attached hydrogen (secondary N) is 1. The first kappa shape index (κ1) is 16.6. The number of fused-ring (bicyclic) bond motifs is 1. The van der Waals surface area contributed by atoms with E-state index >= 15 is 0 Å². The molecule has 124 valence electrons. The number of rotatable bonds is 5. The summed E-state index contributed by atoms with van der Waals surface area (Å²) in [4.78, 5) is 16.4. The zero-order valence-corrected chi connectivity index (χ0v) is 14.7. The van der Waals surface area contributed by atoms with E-state index in [2.05, 4.69) is 10.3 Å². The molecule has 3 aromatic rings. The van der Waals surface area contributed by atoms with Gasteiger partial charge in [0.15, 0.2) is 9.84 Å². The van der Waals surface area contributed by atoms with Gasteiger partial charge in [0.25, 0.3) is 0 Å². The molecular formula is C17H16N2O3S2. The van der Waals surface area contributed by atoms with Crippen molar-refractivity contribution in [2.24, 2.45) is 0 Å². The summed E-state index contributed by atoms with van der Waals surface area (Å²) in [6, 6.07) is 14.2. The van der Waals surface area contributed by atoms with Crippen molar-refractivity contribution in [1.82, 2.24) is 4.98 Å². The fourth-order valence-electron chi connectivity index (χ4n) is 2.39. The lowest BCUT2D eigenvalue weighted by atomic mass is 10.2. The van der Waals surface area contributed by atoms with E-state index in [9.17, 15) is 13.2 Å². The standard InChI is InChI=1S/C17H16N2O3S2/c1-12-18-15-8-7-14(9-16(15)23-12)19-17(20)11-24(21,22)10-13-5-3-2-4-6-13/h2-9H,10-11H2,1H3,(H,19,20). The van der Waals surface area contributed by atoms with Crippen molar-refractivity contribution in [3.8, 4) is 0 Å². The first-order chi connectivity index (χ1) is 11.4. The third-order valence-corrected chi connectivity index (χ3v) is 5.77. The molecule has 1 amide bonds. The Kier molecular flexibility index (Phi) is 4.64. The highest BCUT2D eigenvalue weighted by molar-refractivity contribution is 7.91. The molecule has 0 aliphatic heterocycles. The van der Waals surface area contributed by atoms with E-state index < -0.39 is 21.5 Å². The van der Waals surface area contributed by atoms with Crippen LogP contribution in [0.4, 0.5) is 5.69 Å². The topological polar surface area (TPSA) is 76.1 Å². The number of hydrogen-bond donors (Lipinski definition) is 1. The Hall–Kier alpha value is -2.25. The van der Waals surface area contributed by atoms with Gasteiger partial charge in [-0.1, -0.05) is 30.3 Å². The van der Waals surface area contributed by atoms with Crippen LogP contribution in [0.3, 0.4) is 0 Å². The highest BCUT2D eigenvalue weighted by Gasteiger charge is 2.17. The van der Waals surface area contributed by atoms with Crippen LogP contribution in [0.2, 0.25) is 0 Å². The van der Waals surface area contributed by atoms with Crippen molar-refractivity contribution in [2.45, 2.75) is 12.7 Å². The predicted molar refractivity (Wildman–Crippen MR) is 96.9 cm³/mol. The van der Waals surface area contributed by atoms with Crippen LogP contribution in [0.1, 0.15) is 10.6 Å². The molecule has 0 radical (unpaired) electrons. The van der Waals surface area contributed by atoms with Crippen molar-refractivity contribution in [3.05, 3.63) is 59.1 Å². The molecule has 1 N–H and O–H groups in total. The van der Waals surface area contributed by atoms with E-state index in [-0.39, 0.29) is 5.75 Å². The Labute approximate surface area is 144 Å². The smallest absolute Gasteiger partial charge is 0.239 e. The molecule has 0 fully saturated rings. The average Bonchev–Trinajstić information content (AvgIpc) is 2.86. The summed E-state index contributed by atoms with van der Waals surface area (Å²) in [5.74, 6) is -1.22. The maximum absolute atomic E-state index is 12.1. The number of thiazole rings is 1. The van der Waals surface area contributed by atoms with Gasteiger partial charge in [-0.2, -0.15) is 0 Å². The van der Waals surface area contributed by atoms with Crippen molar-refractivity contribution >= 4 is 43.0 Å². The van der Waals surface area contributed by atoms with Gasteiger partial charge >= 0.3 is 0 Å². The Morgan fingerprint density at radius 2 is 1.92 bits per heavy atom. The van der Waals surface area contributed by atoms with Crippen molar-refractivity contribution in [1.29, 1.82) is 0 Å². The van der Waals surface area contributed by atoms with Crippen molar-refractivity contribution in [2.75, 3.05) is 11.1 Å². The molecule has 0 saturated carbocycles. The van der Waals surface area contributed by atoms with Crippen LogP contribution in [0.25, 0.3) is 10.2 Å². The minimum Gasteiger partial charge on any atom is -0.325 e. The number of sulfone groups is 1. The van der Waals surface area contributed by atoms with E-state index in [4.69, 9.17) is 0 Å². The van der Waals surface area contributed by atoms with Gasteiger partial charge in [0.2, 0.25) is 5.91 Å². The maximum Gasteiger partial charge on any atom is 0.239 e. The summed E-state index contributed by atoms with van der Waals surface area (Å²) < 4.78 is 25.3. The lowest BCUT2D eigenvalue weighted by Crippen LogP contribution is -2.23. The van der Waals surface area contributed by atoms with Gasteiger partial charge in [0.05, 0.1) is 21.0 Å². The van der Waals surface area contributed by atoms with Crippen LogP contribution in [-0.2, 0) is 20.4 Å². The molecular weight excluding hydrogens is 344 g/mol. The summed E-state index contributed by atoms with van der Waals surface area (Å²) >= 11 is 1.53. The van der Waals surface area contributed by atoms with Gasteiger partial charge in [0.1, 0.15) is 5.75 Å². The van der Waals surface area contributed by atoms with Gasteiger partial charge < -0.3 is 5.32 Å². The minimum absolute atomic E-state index is 0.145. The fourth-order valence-corrected chi connectivity index (χ4v) is 4.53. The van der Waals surface area contributed by atoms with Gasteiger partial charge in [-0.05, 0) is 30.7 Å². The molecule has 24 heavy (non-hydrogen) atoms. The molecule has 0 bridgehead atoms. The zero-order valence-electron chi connectivity index (χ0n) is 13.0. The molecule has 3 rings (SSSR count). The molecule has 0 spiro atoms. The Bertz CT molecular complexity index is 979. The minimum atomic E-state index is -3.51. The lowest BCUT2D eigenvalue weighted by Gasteiger charge is -2.07. The monoisotopic (exact) mass is 360 g/mol. The highest BCUT2D eigenvalue weighted by Crippen LogP contribution is 2.24. The van der Waals surface area contributed by atoms with Crippen molar-refractivity contribution < 1.29 is 13.2 Å². The van der Waals surface area contributed by atoms with Crippen LogP contribution in [-0.4, -0.2) is 25.1 Å². The van der Waals surface area contributed by atoms with Crippen LogP contribution in [0, 0.1) is 6.92 Å². The first-order valence-corrected chi connectivity index (χ1v) is 9.96.